The average molecular weight is 279 g/mol. The van der Waals surface area contributed by atoms with Crippen LogP contribution >= 0.6 is 11.3 Å². The standard InChI is InChI=1S/C17H29NS/c1-13(2)11-17(9-5-6-10-17)12-18-15(4)16-8-7-14(3)19-16/h7-8,13,15,18H,5-6,9-12H2,1-4H3. The molecule has 2 rings (SSSR count). The molecule has 1 fully saturated rings. The van der Waals surface area contributed by atoms with Crippen LogP contribution in [-0.2, 0) is 0 Å². The smallest absolute Gasteiger partial charge is 0.0386 e. The lowest BCUT2D eigenvalue weighted by atomic mass is 9.78. The van der Waals surface area contributed by atoms with Gasteiger partial charge in [0.2, 0.25) is 0 Å². The highest BCUT2D eigenvalue weighted by Gasteiger charge is 2.34. The average Bonchev–Trinajstić information content (AvgIpc) is 2.95. The Bertz CT molecular complexity index is 388. The van der Waals surface area contributed by atoms with E-state index in [9.17, 15) is 0 Å². The zero-order valence-electron chi connectivity index (χ0n) is 13.0. The molecule has 1 aliphatic carbocycles. The molecular weight excluding hydrogens is 250 g/mol. The lowest BCUT2D eigenvalue weighted by Gasteiger charge is -2.32. The summed E-state index contributed by atoms with van der Waals surface area (Å²) in [4.78, 5) is 2.90. The highest BCUT2D eigenvalue weighted by atomic mass is 32.1. The minimum Gasteiger partial charge on any atom is -0.309 e. The second kappa shape index (κ2) is 6.41. The molecule has 0 amide bonds. The molecule has 1 aromatic rings. The number of hydrogen-bond acceptors (Lipinski definition) is 2. The van der Waals surface area contributed by atoms with Gasteiger partial charge in [-0.2, -0.15) is 0 Å². The van der Waals surface area contributed by atoms with Gasteiger partial charge in [0, 0.05) is 22.3 Å². The predicted octanol–water partition coefficient (Wildman–Crippen LogP) is 5.31. The van der Waals surface area contributed by atoms with E-state index in [1.807, 2.05) is 11.3 Å². The van der Waals surface area contributed by atoms with Gasteiger partial charge in [-0.05, 0) is 56.6 Å². The number of nitrogens with one attached hydrogen (secondary N) is 1. The van der Waals surface area contributed by atoms with Crippen molar-refractivity contribution in [2.45, 2.75) is 65.8 Å². The fourth-order valence-electron chi connectivity index (χ4n) is 3.60. The lowest BCUT2D eigenvalue weighted by molar-refractivity contribution is 0.217. The summed E-state index contributed by atoms with van der Waals surface area (Å²) < 4.78 is 0. The molecule has 0 saturated heterocycles. The highest BCUT2D eigenvalue weighted by Crippen LogP contribution is 2.43. The van der Waals surface area contributed by atoms with Crippen LogP contribution in [0.1, 0.15) is 68.7 Å². The number of hydrogen-bond donors (Lipinski definition) is 1. The van der Waals surface area contributed by atoms with Gasteiger partial charge in [-0.25, -0.2) is 0 Å². The van der Waals surface area contributed by atoms with Crippen molar-refractivity contribution in [1.29, 1.82) is 0 Å². The SMILES string of the molecule is Cc1ccc(C(C)NCC2(CC(C)C)CCCC2)s1. The van der Waals surface area contributed by atoms with E-state index < -0.39 is 0 Å². The lowest BCUT2D eigenvalue weighted by Crippen LogP contribution is -2.34. The summed E-state index contributed by atoms with van der Waals surface area (Å²) in [6.07, 6.45) is 7.10. The monoisotopic (exact) mass is 279 g/mol. The Morgan fingerprint density at radius 3 is 2.42 bits per heavy atom. The second-order valence-corrected chi connectivity index (χ2v) is 8.18. The molecule has 108 valence electrons. The first-order chi connectivity index (χ1) is 9.01. The quantitative estimate of drug-likeness (QED) is 0.743. The molecule has 0 spiro atoms. The van der Waals surface area contributed by atoms with E-state index in [4.69, 9.17) is 0 Å². The van der Waals surface area contributed by atoms with Gasteiger partial charge in [0.25, 0.3) is 0 Å². The summed E-state index contributed by atoms with van der Waals surface area (Å²) in [5.41, 5.74) is 0.578. The molecular formula is C17H29NS. The minimum atomic E-state index is 0.503. The van der Waals surface area contributed by atoms with E-state index >= 15 is 0 Å². The van der Waals surface area contributed by atoms with E-state index in [0.29, 0.717) is 11.5 Å². The molecule has 0 aliphatic heterocycles. The summed E-state index contributed by atoms with van der Waals surface area (Å²) in [6.45, 7) is 10.4. The molecule has 1 atom stereocenters. The zero-order valence-corrected chi connectivity index (χ0v) is 13.8. The van der Waals surface area contributed by atoms with Crippen molar-refractivity contribution < 1.29 is 0 Å². The molecule has 1 unspecified atom stereocenters. The van der Waals surface area contributed by atoms with Gasteiger partial charge in [0.15, 0.2) is 0 Å². The first-order valence-corrected chi connectivity index (χ1v) is 8.62. The van der Waals surface area contributed by atoms with Gasteiger partial charge in [-0.1, -0.05) is 26.7 Å². The second-order valence-electron chi connectivity index (χ2n) is 6.86. The Morgan fingerprint density at radius 2 is 1.89 bits per heavy atom. The maximum absolute atomic E-state index is 3.81. The molecule has 0 radical (unpaired) electrons. The molecule has 0 bridgehead atoms. The maximum Gasteiger partial charge on any atom is 0.0386 e. The fraction of sp³-hybridized carbons (Fsp3) is 0.765. The Hall–Kier alpha value is -0.340. The molecule has 19 heavy (non-hydrogen) atoms. The van der Waals surface area contributed by atoms with Crippen LogP contribution in [0.4, 0.5) is 0 Å². The van der Waals surface area contributed by atoms with Crippen LogP contribution in [0.25, 0.3) is 0 Å². The van der Waals surface area contributed by atoms with Crippen molar-refractivity contribution in [3.05, 3.63) is 21.9 Å². The van der Waals surface area contributed by atoms with Crippen LogP contribution in [0.5, 0.6) is 0 Å². The summed E-state index contributed by atoms with van der Waals surface area (Å²) in [5, 5.41) is 3.81. The third-order valence-electron chi connectivity index (χ3n) is 4.48. The van der Waals surface area contributed by atoms with E-state index in [1.54, 1.807) is 0 Å². The van der Waals surface area contributed by atoms with Crippen molar-refractivity contribution in [2.75, 3.05) is 6.54 Å². The third kappa shape index (κ3) is 4.06. The first-order valence-electron chi connectivity index (χ1n) is 7.80. The van der Waals surface area contributed by atoms with E-state index in [-0.39, 0.29) is 0 Å². The Balaban J connectivity index is 1.91. The number of rotatable bonds is 6. The van der Waals surface area contributed by atoms with Gasteiger partial charge in [-0.3, -0.25) is 0 Å². The summed E-state index contributed by atoms with van der Waals surface area (Å²) in [6, 6.07) is 5.02. The molecule has 1 N–H and O–H groups in total. The minimum absolute atomic E-state index is 0.503. The largest absolute Gasteiger partial charge is 0.309 e. The van der Waals surface area contributed by atoms with Gasteiger partial charge >= 0.3 is 0 Å². The van der Waals surface area contributed by atoms with Gasteiger partial charge in [-0.15, -0.1) is 11.3 Å². The first kappa shape index (κ1) is 15.1. The molecule has 0 aromatic carbocycles. The molecule has 1 heterocycles. The Kier molecular flexibility index (Phi) is 5.08. The third-order valence-corrected chi connectivity index (χ3v) is 5.66. The molecule has 1 saturated carbocycles. The number of aryl methyl sites for hydroxylation is 1. The summed E-state index contributed by atoms with van der Waals surface area (Å²) in [7, 11) is 0. The Labute approximate surface area is 122 Å². The normalized spacial score (nSPS) is 20.1. The van der Waals surface area contributed by atoms with Crippen molar-refractivity contribution in [3.8, 4) is 0 Å². The van der Waals surface area contributed by atoms with Crippen molar-refractivity contribution >= 4 is 11.3 Å². The summed E-state index contributed by atoms with van der Waals surface area (Å²) >= 11 is 1.93. The molecule has 1 nitrogen and oxygen atoms in total. The van der Waals surface area contributed by atoms with Gasteiger partial charge in [0.05, 0.1) is 0 Å². The molecule has 2 heteroatoms. The molecule has 1 aromatic heterocycles. The maximum atomic E-state index is 3.81. The van der Waals surface area contributed by atoms with Gasteiger partial charge in [0.1, 0.15) is 0 Å². The summed E-state index contributed by atoms with van der Waals surface area (Å²) in [5.74, 6) is 0.819. The number of thiophene rings is 1. The molecule has 1 aliphatic rings. The van der Waals surface area contributed by atoms with Crippen LogP contribution in [-0.4, -0.2) is 6.54 Å². The zero-order chi connectivity index (χ0) is 13.9. The topological polar surface area (TPSA) is 12.0 Å². The van der Waals surface area contributed by atoms with Gasteiger partial charge < -0.3 is 5.32 Å². The van der Waals surface area contributed by atoms with Crippen LogP contribution < -0.4 is 5.32 Å². The van der Waals surface area contributed by atoms with Crippen molar-refractivity contribution in [2.24, 2.45) is 11.3 Å². The fourth-order valence-corrected chi connectivity index (χ4v) is 4.50. The van der Waals surface area contributed by atoms with Crippen molar-refractivity contribution in [1.82, 2.24) is 5.32 Å². The van der Waals surface area contributed by atoms with E-state index in [0.717, 1.165) is 5.92 Å². The van der Waals surface area contributed by atoms with Crippen LogP contribution in [0.3, 0.4) is 0 Å². The van der Waals surface area contributed by atoms with Crippen LogP contribution in [0.15, 0.2) is 12.1 Å². The van der Waals surface area contributed by atoms with E-state index in [2.05, 4.69) is 45.1 Å². The Morgan fingerprint density at radius 1 is 1.21 bits per heavy atom. The van der Waals surface area contributed by atoms with Crippen LogP contribution in [0.2, 0.25) is 0 Å². The van der Waals surface area contributed by atoms with E-state index in [1.165, 1.54) is 48.4 Å². The predicted molar refractivity (Wildman–Crippen MR) is 85.8 cm³/mol. The highest BCUT2D eigenvalue weighted by molar-refractivity contribution is 7.12. The van der Waals surface area contributed by atoms with Crippen molar-refractivity contribution in [3.63, 3.8) is 0 Å². The van der Waals surface area contributed by atoms with Crippen LogP contribution in [0, 0.1) is 18.3 Å².